The molecule has 0 spiro atoms. The number of amides is 2. The van der Waals surface area contributed by atoms with Gasteiger partial charge in [0, 0.05) is 24.3 Å². The summed E-state index contributed by atoms with van der Waals surface area (Å²) in [6.45, 7) is 4.70. The summed E-state index contributed by atoms with van der Waals surface area (Å²) in [6, 6.07) is 1.63. The molecule has 2 amide bonds. The third-order valence-corrected chi connectivity index (χ3v) is 3.40. The molecule has 2 aromatic heterocycles. The second kappa shape index (κ2) is 7.60. The number of hydrogen-bond donors (Lipinski definition) is 2. The fourth-order valence-corrected chi connectivity index (χ4v) is 2.27. The van der Waals surface area contributed by atoms with Gasteiger partial charge in [0.1, 0.15) is 0 Å². The van der Waals surface area contributed by atoms with Crippen LogP contribution in [0.25, 0.3) is 0 Å². The lowest BCUT2D eigenvalue weighted by molar-refractivity contribution is -0.120. The number of rotatable bonds is 6. The Kier molecular flexibility index (Phi) is 5.54. The van der Waals surface area contributed by atoms with E-state index in [1.165, 1.54) is 23.7 Å². The van der Waals surface area contributed by atoms with Gasteiger partial charge in [0.2, 0.25) is 11.7 Å². The van der Waals surface area contributed by atoms with Crippen LogP contribution >= 0.6 is 11.3 Å². The Morgan fingerprint density at radius 2 is 2.00 bits per heavy atom. The predicted molar refractivity (Wildman–Crippen MR) is 83.7 cm³/mol. The molecular weight excluding hydrogens is 302 g/mol. The van der Waals surface area contributed by atoms with Crippen LogP contribution in [0.15, 0.2) is 23.8 Å². The van der Waals surface area contributed by atoms with Crippen LogP contribution in [0.4, 0.5) is 5.13 Å². The average Bonchev–Trinajstić information content (AvgIpc) is 2.93. The first-order valence-electron chi connectivity index (χ1n) is 6.84. The third-order valence-electron chi connectivity index (χ3n) is 2.59. The molecule has 0 atom stereocenters. The van der Waals surface area contributed by atoms with Crippen molar-refractivity contribution in [3.05, 3.63) is 35.4 Å². The van der Waals surface area contributed by atoms with Gasteiger partial charge in [0.15, 0.2) is 5.13 Å². The smallest absolute Gasteiger partial charge is 0.295 e. The Hall–Kier alpha value is -2.35. The third kappa shape index (κ3) is 4.88. The minimum atomic E-state index is -0.425. The van der Waals surface area contributed by atoms with E-state index >= 15 is 0 Å². The molecule has 0 unspecified atom stereocenters. The first-order chi connectivity index (χ1) is 10.5. The van der Waals surface area contributed by atoms with Gasteiger partial charge in [-0.15, -0.1) is 11.3 Å². The lowest BCUT2D eigenvalue weighted by Gasteiger charge is -2.06. The molecule has 2 rings (SSSR count). The van der Waals surface area contributed by atoms with Gasteiger partial charge in [-0.3, -0.25) is 14.9 Å². The molecule has 8 heteroatoms. The summed E-state index contributed by atoms with van der Waals surface area (Å²) in [4.78, 5) is 35.5. The Labute approximate surface area is 132 Å². The number of hydrogen-bond acceptors (Lipinski definition) is 6. The van der Waals surface area contributed by atoms with Crippen molar-refractivity contribution in [1.29, 1.82) is 0 Å². The van der Waals surface area contributed by atoms with Crippen molar-refractivity contribution in [3.63, 3.8) is 0 Å². The summed E-state index contributed by atoms with van der Waals surface area (Å²) in [5.41, 5.74) is 0.621. The molecule has 7 nitrogen and oxygen atoms in total. The molecule has 0 aromatic carbocycles. The lowest BCUT2D eigenvalue weighted by Crippen LogP contribution is -2.28. The molecular formula is C14H17N5O2S. The van der Waals surface area contributed by atoms with Crippen molar-refractivity contribution in [3.8, 4) is 0 Å². The Bertz CT molecular complexity index is 642. The van der Waals surface area contributed by atoms with Gasteiger partial charge in [-0.05, 0) is 12.0 Å². The standard InChI is InChI=1S/C14H17N5O2S/c1-9(2)7-17-11(20)6-10-8-22-14(18-10)19-13(21)12-15-4-3-5-16-12/h3-5,8-9H,6-7H2,1-2H3,(H,17,20)(H,18,19,21). The molecule has 0 saturated heterocycles. The van der Waals surface area contributed by atoms with Crippen molar-refractivity contribution in [1.82, 2.24) is 20.3 Å². The van der Waals surface area contributed by atoms with Crippen LogP contribution in [-0.4, -0.2) is 33.3 Å². The van der Waals surface area contributed by atoms with Crippen molar-refractivity contribution in [2.75, 3.05) is 11.9 Å². The van der Waals surface area contributed by atoms with E-state index in [-0.39, 0.29) is 18.2 Å². The van der Waals surface area contributed by atoms with E-state index in [9.17, 15) is 9.59 Å². The highest BCUT2D eigenvalue weighted by Crippen LogP contribution is 2.16. The van der Waals surface area contributed by atoms with Crippen LogP contribution in [0.2, 0.25) is 0 Å². The number of carbonyl (C=O) groups excluding carboxylic acids is 2. The zero-order valence-electron chi connectivity index (χ0n) is 12.4. The molecule has 0 bridgehead atoms. The molecule has 0 radical (unpaired) electrons. The van der Waals surface area contributed by atoms with Crippen LogP contribution in [-0.2, 0) is 11.2 Å². The number of carbonyl (C=O) groups is 2. The minimum absolute atomic E-state index is 0.0777. The number of thiazole rings is 1. The maximum atomic E-state index is 11.9. The van der Waals surface area contributed by atoms with E-state index in [1.54, 1.807) is 11.4 Å². The van der Waals surface area contributed by atoms with Crippen LogP contribution in [0, 0.1) is 5.92 Å². The van der Waals surface area contributed by atoms with Crippen LogP contribution in [0.5, 0.6) is 0 Å². The summed E-state index contributed by atoms with van der Waals surface area (Å²) in [7, 11) is 0. The van der Waals surface area contributed by atoms with Gasteiger partial charge in [-0.1, -0.05) is 13.8 Å². The van der Waals surface area contributed by atoms with Gasteiger partial charge in [-0.25, -0.2) is 15.0 Å². The predicted octanol–water partition coefficient (Wildman–Crippen LogP) is 1.50. The SMILES string of the molecule is CC(C)CNC(=O)Cc1csc(NC(=O)c2ncccn2)n1. The van der Waals surface area contributed by atoms with E-state index in [0.29, 0.717) is 23.3 Å². The number of anilines is 1. The van der Waals surface area contributed by atoms with E-state index in [1.807, 2.05) is 13.8 Å². The first kappa shape index (κ1) is 16.0. The van der Waals surface area contributed by atoms with E-state index in [2.05, 4.69) is 25.6 Å². The molecule has 22 heavy (non-hydrogen) atoms. The zero-order chi connectivity index (χ0) is 15.9. The monoisotopic (exact) mass is 319 g/mol. The lowest BCUT2D eigenvalue weighted by atomic mass is 10.2. The molecule has 2 heterocycles. The number of nitrogens with one attached hydrogen (secondary N) is 2. The minimum Gasteiger partial charge on any atom is -0.356 e. The fourth-order valence-electron chi connectivity index (χ4n) is 1.56. The van der Waals surface area contributed by atoms with Crippen LogP contribution < -0.4 is 10.6 Å². The van der Waals surface area contributed by atoms with Gasteiger partial charge in [0.25, 0.3) is 5.91 Å². The maximum Gasteiger partial charge on any atom is 0.295 e. The molecule has 0 aliphatic carbocycles. The Morgan fingerprint density at radius 3 is 2.68 bits per heavy atom. The van der Waals surface area contributed by atoms with Gasteiger partial charge >= 0.3 is 0 Å². The summed E-state index contributed by atoms with van der Waals surface area (Å²) in [6.07, 6.45) is 3.18. The second-order valence-electron chi connectivity index (χ2n) is 5.05. The fraction of sp³-hybridized carbons (Fsp3) is 0.357. The van der Waals surface area contributed by atoms with Crippen molar-refractivity contribution in [2.45, 2.75) is 20.3 Å². The molecule has 2 N–H and O–H groups in total. The normalized spacial score (nSPS) is 10.5. The van der Waals surface area contributed by atoms with Gasteiger partial charge < -0.3 is 5.32 Å². The van der Waals surface area contributed by atoms with Gasteiger partial charge in [0.05, 0.1) is 12.1 Å². The summed E-state index contributed by atoms with van der Waals surface area (Å²) in [5, 5.41) is 7.61. The molecule has 2 aromatic rings. The number of nitrogens with zero attached hydrogens (tertiary/aromatic N) is 3. The van der Waals surface area contributed by atoms with Crippen LogP contribution in [0.1, 0.15) is 30.2 Å². The summed E-state index contributed by atoms with van der Waals surface area (Å²) >= 11 is 1.26. The second-order valence-corrected chi connectivity index (χ2v) is 5.90. The van der Waals surface area contributed by atoms with E-state index in [4.69, 9.17) is 0 Å². The first-order valence-corrected chi connectivity index (χ1v) is 7.72. The summed E-state index contributed by atoms with van der Waals surface area (Å²) in [5.74, 6) is -0.0249. The highest BCUT2D eigenvalue weighted by molar-refractivity contribution is 7.14. The van der Waals surface area contributed by atoms with Crippen molar-refractivity contribution in [2.24, 2.45) is 5.92 Å². The molecule has 0 fully saturated rings. The quantitative estimate of drug-likeness (QED) is 0.841. The van der Waals surface area contributed by atoms with E-state index < -0.39 is 5.91 Å². The van der Waals surface area contributed by atoms with Crippen molar-refractivity contribution >= 4 is 28.3 Å². The largest absolute Gasteiger partial charge is 0.356 e. The highest BCUT2D eigenvalue weighted by Gasteiger charge is 2.12. The molecule has 0 saturated carbocycles. The average molecular weight is 319 g/mol. The zero-order valence-corrected chi connectivity index (χ0v) is 13.2. The summed E-state index contributed by atoms with van der Waals surface area (Å²) < 4.78 is 0. The number of aromatic nitrogens is 3. The molecule has 116 valence electrons. The van der Waals surface area contributed by atoms with Crippen LogP contribution in [0.3, 0.4) is 0 Å². The van der Waals surface area contributed by atoms with Gasteiger partial charge in [-0.2, -0.15) is 0 Å². The van der Waals surface area contributed by atoms with Crippen molar-refractivity contribution < 1.29 is 9.59 Å². The Balaban J connectivity index is 1.89. The molecule has 0 aliphatic heterocycles. The molecule has 0 aliphatic rings. The topological polar surface area (TPSA) is 96.9 Å². The highest BCUT2D eigenvalue weighted by atomic mass is 32.1. The maximum absolute atomic E-state index is 11.9. The Morgan fingerprint density at radius 1 is 1.27 bits per heavy atom. The van der Waals surface area contributed by atoms with E-state index in [0.717, 1.165) is 0 Å².